The Bertz CT molecular complexity index is 721. The maximum Gasteiger partial charge on any atom is 0.416 e. The summed E-state index contributed by atoms with van der Waals surface area (Å²) in [5.41, 5.74) is -0.498. The molecule has 7 nitrogen and oxygen atoms in total. The number of hydrogen-bond acceptors (Lipinski definition) is 7. The highest BCUT2D eigenvalue weighted by molar-refractivity contribution is 5.55. The topological polar surface area (TPSA) is 75.2 Å². The maximum atomic E-state index is 12.8. The summed E-state index contributed by atoms with van der Waals surface area (Å²) >= 11 is 0. The van der Waals surface area contributed by atoms with Crippen molar-refractivity contribution < 1.29 is 17.9 Å². The Hall–Kier alpha value is -2.46. The third kappa shape index (κ3) is 5.27. The van der Waals surface area contributed by atoms with Crippen LogP contribution in [0.1, 0.15) is 5.56 Å². The van der Waals surface area contributed by atoms with Crippen molar-refractivity contribution in [3.05, 3.63) is 36.0 Å². The van der Waals surface area contributed by atoms with Crippen molar-refractivity contribution in [2.24, 2.45) is 0 Å². The molecule has 2 heterocycles. The molecule has 0 unspecified atom stereocenters. The van der Waals surface area contributed by atoms with E-state index in [1.165, 1.54) is 18.3 Å². The average Bonchev–Trinajstić information content (AvgIpc) is 2.63. The van der Waals surface area contributed by atoms with Crippen molar-refractivity contribution in [3.63, 3.8) is 0 Å². The lowest BCUT2D eigenvalue weighted by Gasteiger charge is -2.26. The molecule has 2 N–H and O–H groups in total. The van der Waals surface area contributed by atoms with Crippen molar-refractivity contribution in [2.45, 2.75) is 6.18 Å². The minimum absolute atomic E-state index is 0.126. The van der Waals surface area contributed by atoms with Crippen LogP contribution in [0, 0.1) is 0 Å². The molecule has 140 valence electrons. The standard InChI is InChI=1S/C16H19F3N6O/c17-16(18,19)12-2-1-3-13(10-12)22-15-23-14(11-21-24-15)20-4-5-25-6-8-26-9-7-25/h1-3,10-11H,4-9H2,(H2,20,22,23,24). The lowest BCUT2D eigenvalue weighted by Crippen LogP contribution is -2.39. The molecule has 0 atom stereocenters. The number of ether oxygens (including phenoxy) is 1. The van der Waals surface area contributed by atoms with E-state index in [0.717, 1.165) is 45.0 Å². The molecule has 1 aliphatic heterocycles. The molecule has 1 fully saturated rings. The van der Waals surface area contributed by atoms with Gasteiger partial charge in [0.1, 0.15) is 0 Å². The molecule has 0 spiro atoms. The lowest BCUT2D eigenvalue weighted by atomic mass is 10.2. The van der Waals surface area contributed by atoms with Crippen LogP contribution in [0.3, 0.4) is 0 Å². The predicted octanol–water partition coefficient (Wildman–Crippen LogP) is 2.38. The summed E-state index contributed by atoms with van der Waals surface area (Å²) in [6, 6.07) is 4.84. The van der Waals surface area contributed by atoms with E-state index in [9.17, 15) is 13.2 Å². The van der Waals surface area contributed by atoms with E-state index >= 15 is 0 Å². The molecular weight excluding hydrogens is 349 g/mol. The number of rotatable bonds is 6. The van der Waals surface area contributed by atoms with E-state index in [1.54, 1.807) is 0 Å². The van der Waals surface area contributed by atoms with Crippen LogP contribution in [0.15, 0.2) is 30.5 Å². The van der Waals surface area contributed by atoms with E-state index < -0.39 is 11.7 Å². The van der Waals surface area contributed by atoms with E-state index in [0.29, 0.717) is 12.4 Å². The SMILES string of the molecule is FC(F)(F)c1cccc(Nc2nncc(NCCN3CCOCC3)n2)c1. The smallest absolute Gasteiger partial charge is 0.379 e. The zero-order valence-electron chi connectivity index (χ0n) is 14.0. The summed E-state index contributed by atoms with van der Waals surface area (Å²) < 4.78 is 43.6. The van der Waals surface area contributed by atoms with Crippen molar-refractivity contribution >= 4 is 17.5 Å². The van der Waals surface area contributed by atoms with Crippen LogP contribution in [0.2, 0.25) is 0 Å². The molecule has 10 heteroatoms. The largest absolute Gasteiger partial charge is 0.416 e. The summed E-state index contributed by atoms with van der Waals surface area (Å²) in [6.45, 7) is 4.77. The number of nitrogens with zero attached hydrogens (tertiary/aromatic N) is 4. The van der Waals surface area contributed by atoms with Gasteiger partial charge in [-0.15, -0.1) is 5.10 Å². The molecule has 1 aromatic heterocycles. The van der Waals surface area contributed by atoms with E-state index in [2.05, 4.69) is 30.7 Å². The molecule has 2 aromatic rings. The monoisotopic (exact) mass is 368 g/mol. The summed E-state index contributed by atoms with van der Waals surface area (Å²) in [6.07, 6.45) is -2.93. The molecular formula is C16H19F3N6O. The number of aromatic nitrogens is 3. The summed E-state index contributed by atoms with van der Waals surface area (Å²) in [7, 11) is 0. The quantitative estimate of drug-likeness (QED) is 0.811. The first-order valence-corrected chi connectivity index (χ1v) is 8.19. The molecule has 0 saturated carbocycles. The number of nitrogens with one attached hydrogen (secondary N) is 2. The van der Waals surface area contributed by atoms with Crippen LogP contribution in [-0.2, 0) is 10.9 Å². The van der Waals surface area contributed by atoms with Gasteiger partial charge in [0.15, 0.2) is 5.82 Å². The second-order valence-corrected chi connectivity index (χ2v) is 5.75. The first-order valence-electron chi connectivity index (χ1n) is 8.19. The fourth-order valence-electron chi connectivity index (χ4n) is 2.51. The van der Waals surface area contributed by atoms with Gasteiger partial charge in [-0.1, -0.05) is 6.07 Å². The summed E-state index contributed by atoms with van der Waals surface area (Å²) in [5, 5.41) is 13.5. The van der Waals surface area contributed by atoms with Gasteiger partial charge in [-0.3, -0.25) is 4.90 Å². The minimum Gasteiger partial charge on any atom is -0.379 e. The number of hydrogen-bond donors (Lipinski definition) is 2. The Balaban J connectivity index is 1.57. The van der Waals surface area contributed by atoms with Gasteiger partial charge >= 0.3 is 6.18 Å². The Morgan fingerprint density at radius 3 is 2.77 bits per heavy atom. The maximum absolute atomic E-state index is 12.8. The van der Waals surface area contributed by atoms with Gasteiger partial charge in [0.25, 0.3) is 0 Å². The van der Waals surface area contributed by atoms with Crippen LogP contribution in [-0.4, -0.2) is 59.5 Å². The Kier molecular flexibility index (Phi) is 5.84. The molecule has 26 heavy (non-hydrogen) atoms. The van der Waals surface area contributed by atoms with Crippen LogP contribution < -0.4 is 10.6 Å². The fourth-order valence-corrected chi connectivity index (χ4v) is 2.51. The second-order valence-electron chi connectivity index (χ2n) is 5.75. The Morgan fingerprint density at radius 2 is 2.00 bits per heavy atom. The highest BCUT2D eigenvalue weighted by atomic mass is 19.4. The van der Waals surface area contributed by atoms with Gasteiger partial charge in [-0.2, -0.15) is 23.3 Å². The zero-order valence-corrected chi connectivity index (χ0v) is 14.0. The van der Waals surface area contributed by atoms with Gasteiger partial charge < -0.3 is 15.4 Å². The Morgan fingerprint density at radius 1 is 1.19 bits per heavy atom. The molecule has 0 bridgehead atoms. The third-order valence-electron chi connectivity index (χ3n) is 3.84. The predicted molar refractivity (Wildman–Crippen MR) is 90.3 cm³/mol. The van der Waals surface area contributed by atoms with Gasteiger partial charge in [-0.05, 0) is 18.2 Å². The average molecular weight is 368 g/mol. The lowest BCUT2D eigenvalue weighted by molar-refractivity contribution is -0.137. The number of alkyl halides is 3. The molecule has 1 aromatic carbocycles. The number of halogens is 3. The van der Waals surface area contributed by atoms with Crippen molar-refractivity contribution in [1.29, 1.82) is 0 Å². The van der Waals surface area contributed by atoms with Gasteiger partial charge in [0, 0.05) is 31.9 Å². The van der Waals surface area contributed by atoms with Crippen molar-refractivity contribution in [3.8, 4) is 0 Å². The second kappa shape index (κ2) is 8.28. The van der Waals surface area contributed by atoms with E-state index in [4.69, 9.17) is 4.74 Å². The van der Waals surface area contributed by atoms with Gasteiger partial charge in [0.2, 0.25) is 5.95 Å². The van der Waals surface area contributed by atoms with Gasteiger partial charge in [0.05, 0.1) is 25.0 Å². The van der Waals surface area contributed by atoms with Crippen molar-refractivity contribution in [1.82, 2.24) is 20.1 Å². The van der Waals surface area contributed by atoms with Gasteiger partial charge in [-0.25, -0.2) is 0 Å². The number of morpholine rings is 1. The van der Waals surface area contributed by atoms with Crippen molar-refractivity contribution in [2.75, 3.05) is 50.0 Å². The molecule has 3 rings (SSSR count). The normalized spacial score (nSPS) is 15.7. The van der Waals surface area contributed by atoms with Crippen LogP contribution in [0.25, 0.3) is 0 Å². The number of anilines is 3. The molecule has 1 saturated heterocycles. The molecule has 0 aliphatic carbocycles. The molecule has 0 radical (unpaired) electrons. The first kappa shape index (κ1) is 18.3. The van der Waals surface area contributed by atoms with Crippen LogP contribution in [0.4, 0.5) is 30.6 Å². The highest BCUT2D eigenvalue weighted by Gasteiger charge is 2.30. The molecule has 0 amide bonds. The zero-order chi connectivity index (χ0) is 18.4. The van der Waals surface area contributed by atoms with E-state index in [1.807, 2.05) is 0 Å². The summed E-state index contributed by atoms with van der Waals surface area (Å²) in [5.74, 6) is 0.628. The fraction of sp³-hybridized carbons (Fsp3) is 0.438. The van der Waals surface area contributed by atoms with Crippen LogP contribution >= 0.6 is 0 Å². The first-order chi connectivity index (χ1) is 12.5. The molecule has 1 aliphatic rings. The third-order valence-corrected chi connectivity index (χ3v) is 3.84. The number of benzene rings is 1. The Labute approximate surface area is 148 Å². The minimum atomic E-state index is -4.40. The van der Waals surface area contributed by atoms with Crippen LogP contribution in [0.5, 0.6) is 0 Å². The highest BCUT2D eigenvalue weighted by Crippen LogP contribution is 2.31. The summed E-state index contributed by atoms with van der Waals surface area (Å²) in [4.78, 5) is 6.49. The van der Waals surface area contributed by atoms with E-state index in [-0.39, 0.29) is 11.6 Å².